The zero-order valence-electron chi connectivity index (χ0n) is 8.18. The topological polar surface area (TPSA) is 22.1 Å². The minimum absolute atomic E-state index is 0.685. The molecule has 0 aliphatic heterocycles. The number of thioether (sulfide) groups is 1. The van der Waals surface area contributed by atoms with Crippen molar-refractivity contribution in [3.8, 4) is 0 Å². The fraction of sp³-hybridized carbons (Fsp3) is 0.182. The minimum atomic E-state index is 0.685. The van der Waals surface area contributed by atoms with Crippen molar-refractivity contribution >= 4 is 33.3 Å². The number of aromatic nitrogens is 1. The highest BCUT2D eigenvalue weighted by Gasteiger charge is 2.02. The Bertz CT molecular complexity index is 420. The fourth-order valence-electron chi connectivity index (χ4n) is 1.17. The predicted molar refractivity (Wildman–Crippen MR) is 66.5 cm³/mol. The second kappa shape index (κ2) is 5.19. The van der Waals surface area contributed by atoms with Crippen molar-refractivity contribution in [3.05, 3.63) is 37.1 Å². The lowest BCUT2D eigenvalue weighted by atomic mass is 10.3. The molecule has 1 aromatic carbocycles. The van der Waals surface area contributed by atoms with Gasteiger partial charge in [-0.25, -0.2) is 4.98 Å². The summed E-state index contributed by atoms with van der Waals surface area (Å²) in [5.74, 6) is 0.909. The third kappa shape index (κ3) is 2.73. The summed E-state index contributed by atoms with van der Waals surface area (Å²) in [4.78, 5) is 4.51. The van der Waals surface area contributed by atoms with Crippen molar-refractivity contribution in [1.82, 2.24) is 4.98 Å². The van der Waals surface area contributed by atoms with Crippen LogP contribution in [0.5, 0.6) is 0 Å². The van der Waals surface area contributed by atoms with Gasteiger partial charge in [-0.2, -0.15) is 0 Å². The second-order valence-electron chi connectivity index (χ2n) is 2.83. The zero-order chi connectivity index (χ0) is 10.5. The average Bonchev–Trinajstić information content (AvgIpc) is 2.67. The van der Waals surface area contributed by atoms with Gasteiger partial charge in [-0.15, -0.1) is 11.3 Å². The average molecular weight is 237 g/mol. The Morgan fingerprint density at radius 3 is 3.13 bits per heavy atom. The Morgan fingerprint density at radius 1 is 1.47 bits per heavy atom. The van der Waals surface area contributed by atoms with Gasteiger partial charge in [0.2, 0.25) is 0 Å². The van der Waals surface area contributed by atoms with E-state index in [1.807, 2.05) is 18.2 Å². The van der Waals surface area contributed by atoms with Crippen LogP contribution in [0.25, 0.3) is 10.2 Å². The van der Waals surface area contributed by atoms with Crippen LogP contribution in [0.3, 0.4) is 0 Å². The quantitative estimate of drug-likeness (QED) is 0.451. The first-order valence-electron chi connectivity index (χ1n) is 4.61. The number of fused-ring (bicyclic) bond motifs is 1. The summed E-state index contributed by atoms with van der Waals surface area (Å²) in [7, 11) is 0. The van der Waals surface area contributed by atoms with Crippen molar-refractivity contribution < 1.29 is 4.74 Å². The first kappa shape index (κ1) is 10.5. The van der Waals surface area contributed by atoms with Crippen LogP contribution in [0.15, 0.2) is 41.4 Å². The molecule has 4 heteroatoms. The molecule has 0 spiro atoms. The first-order valence-corrected chi connectivity index (χ1v) is 6.41. The van der Waals surface area contributed by atoms with E-state index in [1.54, 1.807) is 23.1 Å². The van der Waals surface area contributed by atoms with Gasteiger partial charge in [-0.3, -0.25) is 0 Å². The number of benzene rings is 1. The van der Waals surface area contributed by atoms with Crippen molar-refractivity contribution in [2.75, 3.05) is 12.4 Å². The van der Waals surface area contributed by atoms with Crippen LogP contribution >= 0.6 is 23.1 Å². The number of para-hydroxylation sites is 1. The van der Waals surface area contributed by atoms with Crippen molar-refractivity contribution in [3.63, 3.8) is 0 Å². The van der Waals surface area contributed by atoms with Gasteiger partial charge in [0, 0.05) is 5.75 Å². The molecule has 0 fully saturated rings. The van der Waals surface area contributed by atoms with E-state index in [4.69, 9.17) is 4.74 Å². The molecule has 15 heavy (non-hydrogen) atoms. The molecule has 0 radical (unpaired) electrons. The third-order valence-corrected chi connectivity index (χ3v) is 3.96. The van der Waals surface area contributed by atoms with Gasteiger partial charge in [-0.1, -0.05) is 30.5 Å². The van der Waals surface area contributed by atoms with E-state index in [0.29, 0.717) is 6.61 Å². The third-order valence-electron chi connectivity index (χ3n) is 1.82. The molecule has 0 atom stereocenters. The van der Waals surface area contributed by atoms with E-state index >= 15 is 0 Å². The SMILES string of the molecule is C=COCCSc1nc2ccccc2s1. The van der Waals surface area contributed by atoms with Crippen molar-refractivity contribution in [1.29, 1.82) is 0 Å². The van der Waals surface area contributed by atoms with Crippen LogP contribution in [-0.2, 0) is 4.74 Å². The van der Waals surface area contributed by atoms with Crippen LogP contribution in [0.1, 0.15) is 0 Å². The highest BCUT2D eigenvalue weighted by molar-refractivity contribution is 8.01. The maximum Gasteiger partial charge on any atom is 0.151 e. The Hall–Kier alpha value is -1.00. The molecule has 0 saturated heterocycles. The van der Waals surface area contributed by atoms with Gasteiger partial charge in [-0.05, 0) is 12.1 Å². The van der Waals surface area contributed by atoms with E-state index in [0.717, 1.165) is 15.6 Å². The van der Waals surface area contributed by atoms with E-state index in [1.165, 1.54) is 11.0 Å². The first-order chi connectivity index (χ1) is 7.40. The Kier molecular flexibility index (Phi) is 3.64. The molecule has 1 heterocycles. The van der Waals surface area contributed by atoms with Gasteiger partial charge >= 0.3 is 0 Å². The molecule has 0 N–H and O–H groups in total. The number of hydrogen-bond acceptors (Lipinski definition) is 4. The van der Waals surface area contributed by atoms with E-state index in [9.17, 15) is 0 Å². The lowest BCUT2D eigenvalue weighted by Gasteiger charge is -1.96. The molecular weight excluding hydrogens is 226 g/mol. The van der Waals surface area contributed by atoms with Crippen LogP contribution < -0.4 is 0 Å². The number of rotatable bonds is 5. The molecule has 2 nitrogen and oxygen atoms in total. The van der Waals surface area contributed by atoms with Gasteiger partial charge in [0.15, 0.2) is 4.34 Å². The summed E-state index contributed by atoms with van der Waals surface area (Å²) in [6.45, 7) is 4.18. The summed E-state index contributed by atoms with van der Waals surface area (Å²) < 4.78 is 7.39. The lowest BCUT2D eigenvalue weighted by molar-refractivity contribution is 0.274. The van der Waals surface area contributed by atoms with Gasteiger partial charge in [0.25, 0.3) is 0 Å². The van der Waals surface area contributed by atoms with Crippen LogP contribution in [0.4, 0.5) is 0 Å². The largest absolute Gasteiger partial charge is 0.501 e. The predicted octanol–water partition coefficient (Wildman–Crippen LogP) is 3.55. The number of thiazole rings is 1. The van der Waals surface area contributed by atoms with E-state index < -0.39 is 0 Å². The summed E-state index contributed by atoms with van der Waals surface area (Å²) in [5.41, 5.74) is 1.08. The van der Waals surface area contributed by atoms with Crippen molar-refractivity contribution in [2.24, 2.45) is 0 Å². The molecule has 0 saturated carbocycles. The minimum Gasteiger partial charge on any atom is -0.501 e. The number of nitrogens with zero attached hydrogens (tertiary/aromatic N) is 1. The molecule has 2 rings (SSSR count). The monoisotopic (exact) mass is 237 g/mol. The van der Waals surface area contributed by atoms with Crippen LogP contribution in [-0.4, -0.2) is 17.3 Å². The Labute approximate surface area is 97.0 Å². The maximum absolute atomic E-state index is 5.05. The fourth-order valence-corrected chi connectivity index (χ4v) is 3.14. The Morgan fingerprint density at radius 2 is 2.33 bits per heavy atom. The van der Waals surface area contributed by atoms with Crippen LogP contribution in [0, 0.1) is 0 Å². The summed E-state index contributed by atoms with van der Waals surface area (Å²) in [6.07, 6.45) is 1.47. The van der Waals surface area contributed by atoms with Gasteiger partial charge in [0.1, 0.15) is 0 Å². The standard InChI is InChI=1S/C11H11NOS2/c1-2-13-7-8-14-11-12-9-5-3-4-6-10(9)15-11/h2-6H,1,7-8H2. The highest BCUT2D eigenvalue weighted by Crippen LogP contribution is 2.28. The summed E-state index contributed by atoms with van der Waals surface area (Å²) >= 11 is 3.45. The number of hydrogen-bond donors (Lipinski definition) is 0. The zero-order valence-corrected chi connectivity index (χ0v) is 9.81. The smallest absolute Gasteiger partial charge is 0.151 e. The highest BCUT2D eigenvalue weighted by atomic mass is 32.2. The normalized spacial score (nSPS) is 10.4. The molecule has 0 aliphatic rings. The molecule has 2 aromatic rings. The second-order valence-corrected chi connectivity index (χ2v) is 5.21. The van der Waals surface area contributed by atoms with Gasteiger partial charge in [0.05, 0.1) is 23.1 Å². The molecule has 0 unspecified atom stereocenters. The molecule has 78 valence electrons. The summed E-state index contributed by atoms with van der Waals surface area (Å²) in [5, 5.41) is 0. The van der Waals surface area contributed by atoms with E-state index in [2.05, 4.69) is 17.6 Å². The maximum atomic E-state index is 5.05. The van der Waals surface area contributed by atoms with E-state index in [-0.39, 0.29) is 0 Å². The summed E-state index contributed by atoms with van der Waals surface area (Å²) in [6, 6.07) is 8.18. The van der Waals surface area contributed by atoms with Crippen LogP contribution in [0.2, 0.25) is 0 Å². The number of ether oxygens (including phenoxy) is 1. The van der Waals surface area contributed by atoms with Crippen molar-refractivity contribution in [2.45, 2.75) is 4.34 Å². The molecule has 0 bridgehead atoms. The molecule has 1 aromatic heterocycles. The molecular formula is C11H11NOS2. The lowest BCUT2D eigenvalue weighted by Crippen LogP contribution is -1.89. The Balaban J connectivity index is 1.99. The molecule has 0 aliphatic carbocycles. The van der Waals surface area contributed by atoms with Gasteiger partial charge < -0.3 is 4.74 Å². The molecule has 0 amide bonds.